The first-order chi connectivity index (χ1) is 53.6. The molecule has 0 amide bonds. The summed E-state index contributed by atoms with van der Waals surface area (Å²) in [5.41, 5.74) is 28.1. The van der Waals surface area contributed by atoms with Gasteiger partial charge in [-0.05, 0) is 154 Å². The van der Waals surface area contributed by atoms with Crippen LogP contribution < -0.4 is 0 Å². The van der Waals surface area contributed by atoms with Gasteiger partial charge in [-0.25, -0.2) is 4.98 Å². The molecule has 14 rings (SSSR count). The van der Waals surface area contributed by atoms with Crippen molar-refractivity contribution in [1.29, 1.82) is 0 Å². The molecule has 2 heterocycles. The Kier molecular flexibility index (Phi) is 30.7. The molecule has 0 spiro atoms. The van der Waals surface area contributed by atoms with Crippen molar-refractivity contribution in [3.8, 4) is 89.3 Å². The van der Waals surface area contributed by atoms with Crippen molar-refractivity contribution in [3.05, 3.63) is 289 Å². The molecule has 0 bridgehead atoms. The first-order valence-electron chi connectivity index (χ1n) is 42.0. The monoisotopic (exact) mass is 1630 g/mol. The van der Waals surface area contributed by atoms with E-state index in [1.807, 2.05) is 0 Å². The van der Waals surface area contributed by atoms with Gasteiger partial charge in [-0.15, -0.1) is 29.3 Å². The van der Waals surface area contributed by atoms with Gasteiger partial charge >= 0.3 is 0 Å². The number of rotatable bonds is 35. The molecule has 2 aliphatic carbocycles. The summed E-state index contributed by atoms with van der Waals surface area (Å²) in [6.07, 6.45) is 37.9. The van der Waals surface area contributed by atoms with Crippen LogP contribution in [0.25, 0.3) is 111 Å². The van der Waals surface area contributed by atoms with Crippen molar-refractivity contribution in [2.75, 3.05) is 0 Å². The zero-order valence-electron chi connectivity index (χ0n) is 66.6. The third-order valence-electron chi connectivity index (χ3n) is 23.3. The molecule has 5 heteroatoms. The zero-order valence-corrected chi connectivity index (χ0v) is 69.0. The van der Waals surface area contributed by atoms with E-state index in [0.29, 0.717) is 0 Å². The molecule has 2 aromatic heterocycles. The Labute approximate surface area is 673 Å². The fourth-order valence-electron chi connectivity index (χ4n) is 17.7. The predicted molar refractivity (Wildman–Crippen MR) is 466 cm³/mol. The second-order valence-corrected chi connectivity index (χ2v) is 31.2. The fourth-order valence-corrected chi connectivity index (χ4v) is 17.7. The molecule has 0 saturated carbocycles. The number of hydrogen-bond acceptors (Lipinski definition) is 4. The molecule has 0 atom stereocenters. The number of ketones is 1. The molecule has 569 valence electrons. The molecule has 0 aliphatic heterocycles. The molecule has 110 heavy (non-hydrogen) atoms. The Morgan fingerprint density at radius 2 is 0.673 bits per heavy atom. The van der Waals surface area contributed by atoms with E-state index in [-0.39, 0.29) is 42.5 Å². The summed E-state index contributed by atoms with van der Waals surface area (Å²) in [5.74, 6) is -0.0625. The maximum atomic E-state index is 10.0. The average molecular weight is 1630 g/mol. The van der Waals surface area contributed by atoms with Crippen LogP contribution in [0.4, 0.5) is 0 Å². The minimum absolute atomic E-state index is 0. The van der Waals surface area contributed by atoms with E-state index in [1.54, 1.807) is 5.56 Å². The number of fused-ring (bicyclic) bond motifs is 8. The minimum Gasteiger partial charge on any atom is -0.512 e. The molecule has 0 saturated heterocycles. The molecule has 0 fully saturated rings. The summed E-state index contributed by atoms with van der Waals surface area (Å²) in [6.45, 7) is 12.1. The SMILES string of the molecule is CC(=O)C=C(C)O.CCCCCCCCC1(CCCCCCCC)c2ccccc2-c2c[c-]c(-c3cc(-c4ccccc4)c4cc(-c5ccccc5)ccc4n3)cc21.CCCCCCCCC1(CCCCCCCC)c2ccccc2-c2ccc(-c3cc(-c4ccccc4)c4cc(-c5ccccc5)ccc4n3)cc21.[Ir]. The number of unbranched alkanes of at least 4 members (excludes halogenated alkanes) is 20. The standard InChI is InChI=1S/C50H55N.C50H54N.C5H8O2.Ir/c2*1-3-5-7-9-11-21-33-50(34-22-12-10-8-6-4-2)46-28-20-19-27-42(46)43-31-29-41(36-47(43)50)49-37-44(39-25-17-14-18-26-39)45-35-40(30-32-48(45)51-49)38-23-15-13-16-24-38;1-4(6)3-5(2)7;/h13-20,23-32,35-37H,3-12,21-22,33-34H2,1-2H3;13-20,23-28,30-32,35-37H,3-12,21-22,33-34H2,1-2H3;3,6H,1-2H3;/q;-1;;. The molecule has 12 aromatic rings. The van der Waals surface area contributed by atoms with Crippen LogP contribution in [0.2, 0.25) is 0 Å². The quantitative estimate of drug-likeness (QED) is 0.0186. The first kappa shape index (κ1) is 81.9. The molecule has 0 unspecified atom stereocenters. The molecule has 10 aromatic carbocycles. The van der Waals surface area contributed by atoms with Gasteiger partial charge in [0.25, 0.3) is 0 Å². The van der Waals surface area contributed by atoms with E-state index in [0.717, 1.165) is 28.0 Å². The van der Waals surface area contributed by atoms with Gasteiger partial charge in [0.2, 0.25) is 0 Å². The van der Waals surface area contributed by atoms with Crippen LogP contribution in [0.5, 0.6) is 0 Å². The smallest absolute Gasteiger partial charge is 0.155 e. The third kappa shape index (κ3) is 20.1. The van der Waals surface area contributed by atoms with Gasteiger partial charge in [-0.3, -0.25) is 9.78 Å². The van der Waals surface area contributed by atoms with Crippen LogP contribution in [0, 0.1) is 6.07 Å². The number of carbonyl (C=O) groups excluding carboxylic acids is 1. The Balaban J connectivity index is 0.000000199. The number of benzene rings is 10. The number of allylic oxidation sites excluding steroid dienone is 2. The summed E-state index contributed by atoms with van der Waals surface area (Å²) < 4.78 is 0. The summed E-state index contributed by atoms with van der Waals surface area (Å²) in [4.78, 5) is 20.8. The zero-order chi connectivity index (χ0) is 75.6. The van der Waals surface area contributed by atoms with Crippen LogP contribution in [0.1, 0.15) is 244 Å². The third-order valence-corrected chi connectivity index (χ3v) is 23.3. The van der Waals surface area contributed by atoms with Crippen LogP contribution in [-0.2, 0) is 35.7 Å². The van der Waals surface area contributed by atoms with Crippen molar-refractivity contribution in [3.63, 3.8) is 0 Å². The van der Waals surface area contributed by atoms with Gasteiger partial charge in [-0.2, -0.15) is 0 Å². The number of hydrogen-bond donors (Lipinski definition) is 1. The van der Waals surface area contributed by atoms with E-state index in [4.69, 9.17) is 15.1 Å². The Morgan fingerprint density at radius 3 is 1.08 bits per heavy atom. The Morgan fingerprint density at radius 1 is 0.327 bits per heavy atom. The summed E-state index contributed by atoms with van der Waals surface area (Å²) in [6, 6.07) is 95.7. The van der Waals surface area contributed by atoms with Crippen molar-refractivity contribution in [1.82, 2.24) is 9.97 Å². The maximum absolute atomic E-state index is 10.0. The van der Waals surface area contributed by atoms with Gasteiger partial charge in [0, 0.05) is 53.3 Å². The minimum atomic E-state index is -0.125. The van der Waals surface area contributed by atoms with Gasteiger partial charge < -0.3 is 5.11 Å². The number of aliphatic hydroxyl groups excluding tert-OH is 1. The van der Waals surface area contributed by atoms with Gasteiger partial charge in [-0.1, -0.05) is 393 Å². The largest absolute Gasteiger partial charge is 0.512 e. The maximum Gasteiger partial charge on any atom is 0.155 e. The van der Waals surface area contributed by atoms with Crippen LogP contribution >= 0.6 is 0 Å². The molecule has 2 aliphatic rings. The molecular formula is C105H117IrN2O2-. The first-order valence-corrected chi connectivity index (χ1v) is 42.0. The van der Waals surface area contributed by atoms with Crippen molar-refractivity contribution in [2.24, 2.45) is 0 Å². The van der Waals surface area contributed by atoms with E-state index in [2.05, 4.69) is 282 Å². The van der Waals surface area contributed by atoms with E-state index in [1.165, 1.54) is 299 Å². The van der Waals surface area contributed by atoms with Crippen molar-refractivity contribution >= 4 is 27.6 Å². The Bertz CT molecular complexity index is 4590. The summed E-state index contributed by atoms with van der Waals surface area (Å²) in [5, 5.41) is 10.7. The average Bonchev–Trinajstić information content (AvgIpc) is 1.56. The van der Waals surface area contributed by atoms with Gasteiger partial charge in [0.15, 0.2) is 5.78 Å². The van der Waals surface area contributed by atoms with Crippen molar-refractivity contribution in [2.45, 2.75) is 232 Å². The van der Waals surface area contributed by atoms with Crippen LogP contribution in [0.15, 0.2) is 261 Å². The number of carbonyl (C=O) groups is 1. The normalized spacial score (nSPS) is 12.8. The number of aromatic nitrogens is 2. The topological polar surface area (TPSA) is 63.1 Å². The predicted octanol–water partition coefficient (Wildman–Crippen LogP) is 30.8. The van der Waals surface area contributed by atoms with E-state index >= 15 is 0 Å². The number of aliphatic hydroxyl groups is 1. The molecule has 1 N–H and O–H groups in total. The second kappa shape index (κ2) is 41.2. The summed E-state index contributed by atoms with van der Waals surface area (Å²) >= 11 is 0. The molecule has 4 nitrogen and oxygen atoms in total. The fraction of sp³-hybridized carbons (Fsp3) is 0.343. The molecule has 1 radical (unpaired) electrons. The van der Waals surface area contributed by atoms with E-state index < -0.39 is 0 Å². The number of nitrogens with zero attached hydrogens (tertiary/aromatic N) is 2. The number of pyridine rings is 2. The second-order valence-electron chi connectivity index (χ2n) is 31.2. The van der Waals surface area contributed by atoms with Crippen molar-refractivity contribution < 1.29 is 30.0 Å². The Hall–Kier alpha value is -9.12. The van der Waals surface area contributed by atoms with Crippen LogP contribution in [0.3, 0.4) is 0 Å². The van der Waals surface area contributed by atoms with E-state index in [9.17, 15) is 4.79 Å². The van der Waals surface area contributed by atoms with Crippen LogP contribution in [-0.4, -0.2) is 20.9 Å². The molecular weight excluding hydrogens is 1510 g/mol. The van der Waals surface area contributed by atoms with Gasteiger partial charge in [0.05, 0.1) is 22.5 Å². The van der Waals surface area contributed by atoms with Gasteiger partial charge in [0.1, 0.15) is 0 Å². The summed E-state index contributed by atoms with van der Waals surface area (Å²) in [7, 11) is 0.